The minimum Gasteiger partial charge on any atom is -0.450 e. The van der Waals surface area contributed by atoms with E-state index in [2.05, 4.69) is 0 Å². The van der Waals surface area contributed by atoms with Crippen molar-refractivity contribution in [3.63, 3.8) is 0 Å². The maximum absolute atomic E-state index is 13.6. The molecular weight excluding hydrogens is 390 g/mol. The number of halogens is 2. The average molecular weight is 402 g/mol. The van der Waals surface area contributed by atoms with E-state index in [0.29, 0.717) is 12.3 Å². The lowest BCUT2D eigenvalue weighted by Crippen LogP contribution is -2.02. The van der Waals surface area contributed by atoms with Crippen LogP contribution in [0.3, 0.4) is 0 Å². The van der Waals surface area contributed by atoms with Gasteiger partial charge in [0.25, 0.3) is 0 Å². The predicted molar refractivity (Wildman–Crippen MR) is 85.0 cm³/mol. The van der Waals surface area contributed by atoms with Crippen LogP contribution in [0.25, 0.3) is 0 Å². The average Bonchev–Trinajstić information content (AvgIpc) is 2.44. The Labute approximate surface area is 134 Å². The summed E-state index contributed by atoms with van der Waals surface area (Å²) in [7, 11) is 0. The molecule has 0 spiro atoms. The summed E-state index contributed by atoms with van der Waals surface area (Å²) in [5.74, 6) is -0.278. The number of benzene rings is 2. The molecule has 0 aromatic heterocycles. The Morgan fingerprint density at radius 1 is 1.29 bits per heavy atom. The van der Waals surface area contributed by atoms with E-state index in [1.165, 1.54) is 0 Å². The summed E-state index contributed by atoms with van der Waals surface area (Å²) in [6.45, 7) is 0.536. The molecule has 0 radical (unpaired) electrons. The highest BCUT2D eigenvalue weighted by molar-refractivity contribution is 14.1. The molecule has 7 heteroatoms. The Morgan fingerprint density at radius 3 is 2.52 bits per heavy atom. The van der Waals surface area contributed by atoms with Gasteiger partial charge < -0.3 is 10.5 Å². The second-order valence-electron chi connectivity index (χ2n) is 4.28. The van der Waals surface area contributed by atoms with E-state index in [1.54, 1.807) is 34.7 Å². The summed E-state index contributed by atoms with van der Waals surface area (Å²) in [6, 6.07) is 9.14. The monoisotopic (exact) mass is 402 g/mol. The summed E-state index contributed by atoms with van der Waals surface area (Å²) in [6.07, 6.45) is 0.735. The quantitative estimate of drug-likeness (QED) is 0.471. The molecule has 0 aliphatic carbocycles. The zero-order chi connectivity index (χ0) is 15.4. The van der Waals surface area contributed by atoms with E-state index in [9.17, 15) is 14.5 Å². The molecule has 0 amide bonds. The summed E-state index contributed by atoms with van der Waals surface area (Å²) in [4.78, 5) is 10.4. The number of nitro benzene ring substituents is 1. The Hall–Kier alpha value is -1.74. The van der Waals surface area contributed by atoms with Crippen molar-refractivity contribution < 1.29 is 14.1 Å². The van der Waals surface area contributed by atoms with Crippen molar-refractivity contribution >= 4 is 28.3 Å². The standard InChI is InChI=1S/C14H12FIN2O3/c15-11-7-14(13(18(19)20)8-12(11)16)21-10-3-1-9(2-4-10)5-6-17/h1-4,7-8H,5-6,17H2. The summed E-state index contributed by atoms with van der Waals surface area (Å²) < 4.78 is 19.2. The third-order valence-electron chi connectivity index (χ3n) is 2.78. The topological polar surface area (TPSA) is 78.4 Å². The molecule has 0 aliphatic heterocycles. The molecule has 0 bridgehead atoms. The largest absolute Gasteiger partial charge is 0.450 e. The van der Waals surface area contributed by atoms with Crippen molar-refractivity contribution in [2.45, 2.75) is 6.42 Å². The van der Waals surface area contributed by atoms with Crippen LogP contribution < -0.4 is 10.5 Å². The van der Waals surface area contributed by atoms with Crippen molar-refractivity contribution in [1.29, 1.82) is 0 Å². The first kappa shape index (κ1) is 15.6. The van der Waals surface area contributed by atoms with E-state index in [4.69, 9.17) is 10.5 Å². The van der Waals surface area contributed by atoms with Crippen LogP contribution in [0, 0.1) is 19.5 Å². The Bertz CT molecular complexity index is 662. The van der Waals surface area contributed by atoms with Crippen molar-refractivity contribution in [2.24, 2.45) is 5.73 Å². The van der Waals surface area contributed by atoms with Crippen LogP contribution in [-0.4, -0.2) is 11.5 Å². The molecule has 0 unspecified atom stereocenters. The van der Waals surface area contributed by atoms with E-state index in [-0.39, 0.29) is 15.0 Å². The van der Waals surface area contributed by atoms with Gasteiger partial charge in [-0.15, -0.1) is 0 Å². The van der Waals surface area contributed by atoms with E-state index in [0.717, 1.165) is 24.1 Å². The van der Waals surface area contributed by atoms with E-state index in [1.807, 2.05) is 12.1 Å². The van der Waals surface area contributed by atoms with Gasteiger partial charge in [-0.05, 0) is 53.3 Å². The van der Waals surface area contributed by atoms with Gasteiger partial charge in [-0.3, -0.25) is 10.1 Å². The van der Waals surface area contributed by atoms with Gasteiger partial charge in [0.2, 0.25) is 5.75 Å². The van der Waals surface area contributed by atoms with Gasteiger partial charge in [0.05, 0.1) is 8.49 Å². The molecule has 110 valence electrons. The normalized spacial score (nSPS) is 10.4. The molecule has 0 saturated heterocycles. The van der Waals surface area contributed by atoms with Gasteiger partial charge >= 0.3 is 5.69 Å². The van der Waals surface area contributed by atoms with Crippen LogP contribution >= 0.6 is 22.6 Å². The van der Waals surface area contributed by atoms with Gasteiger partial charge in [0.15, 0.2) is 0 Å². The fourth-order valence-electron chi connectivity index (χ4n) is 1.76. The minimum absolute atomic E-state index is 0.121. The van der Waals surface area contributed by atoms with Crippen LogP contribution in [0.15, 0.2) is 36.4 Å². The van der Waals surface area contributed by atoms with Crippen molar-refractivity contribution in [1.82, 2.24) is 0 Å². The molecule has 2 aromatic carbocycles. The molecule has 0 saturated carbocycles. The van der Waals surface area contributed by atoms with Crippen molar-refractivity contribution in [2.75, 3.05) is 6.54 Å². The number of hydrogen-bond donors (Lipinski definition) is 1. The molecular formula is C14H12FIN2O3. The van der Waals surface area contributed by atoms with E-state index < -0.39 is 10.7 Å². The van der Waals surface area contributed by atoms with Crippen LogP contribution in [0.5, 0.6) is 11.5 Å². The zero-order valence-electron chi connectivity index (χ0n) is 10.9. The molecule has 21 heavy (non-hydrogen) atoms. The van der Waals surface area contributed by atoms with Crippen LogP contribution in [-0.2, 0) is 6.42 Å². The second kappa shape index (κ2) is 6.81. The fourth-order valence-corrected chi connectivity index (χ4v) is 2.21. The van der Waals surface area contributed by atoms with Crippen LogP contribution in [0.2, 0.25) is 0 Å². The summed E-state index contributed by atoms with van der Waals surface area (Å²) in [5, 5.41) is 11.0. The molecule has 2 N–H and O–H groups in total. The molecule has 0 aliphatic rings. The van der Waals surface area contributed by atoms with Gasteiger partial charge in [0, 0.05) is 12.1 Å². The van der Waals surface area contributed by atoms with Gasteiger partial charge in [-0.25, -0.2) is 4.39 Å². The highest BCUT2D eigenvalue weighted by Gasteiger charge is 2.19. The number of nitro groups is 1. The highest BCUT2D eigenvalue weighted by Crippen LogP contribution is 2.34. The van der Waals surface area contributed by atoms with Crippen LogP contribution in [0.1, 0.15) is 5.56 Å². The first-order valence-electron chi connectivity index (χ1n) is 6.11. The Morgan fingerprint density at radius 2 is 1.95 bits per heavy atom. The fraction of sp³-hybridized carbons (Fsp3) is 0.143. The lowest BCUT2D eigenvalue weighted by molar-refractivity contribution is -0.385. The molecule has 0 fully saturated rings. The third-order valence-corrected chi connectivity index (χ3v) is 3.61. The lowest BCUT2D eigenvalue weighted by Gasteiger charge is -2.08. The molecule has 0 atom stereocenters. The first-order valence-corrected chi connectivity index (χ1v) is 7.19. The summed E-state index contributed by atoms with van der Waals surface area (Å²) >= 11 is 1.70. The lowest BCUT2D eigenvalue weighted by atomic mass is 10.1. The van der Waals surface area contributed by atoms with Gasteiger partial charge in [-0.2, -0.15) is 0 Å². The van der Waals surface area contributed by atoms with Gasteiger partial charge in [0.1, 0.15) is 11.6 Å². The Balaban J connectivity index is 2.30. The number of hydrogen-bond acceptors (Lipinski definition) is 4. The molecule has 0 heterocycles. The maximum Gasteiger partial charge on any atom is 0.312 e. The van der Waals surface area contributed by atoms with Crippen molar-refractivity contribution in [3.8, 4) is 11.5 Å². The second-order valence-corrected chi connectivity index (χ2v) is 5.44. The minimum atomic E-state index is -0.597. The zero-order valence-corrected chi connectivity index (χ0v) is 13.0. The highest BCUT2D eigenvalue weighted by atomic mass is 127. The summed E-state index contributed by atoms with van der Waals surface area (Å²) in [5.41, 5.74) is 6.22. The Kier molecular flexibility index (Phi) is 5.07. The van der Waals surface area contributed by atoms with Crippen LogP contribution in [0.4, 0.5) is 10.1 Å². The smallest absolute Gasteiger partial charge is 0.312 e. The molecule has 5 nitrogen and oxygen atoms in total. The number of ether oxygens (including phenoxy) is 1. The third kappa shape index (κ3) is 3.88. The maximum atomic E-state index is 13.6. The predicted octanol–water partition coefficient (Wildman–Crippen LogP) is 3.63. The SMILES string of the molecule is NCCc1ccc(Oc2cc(F)c(I)cc2[N+](=O)[O-])cc1. The molecule has 2 aromatic rings. The number of nitrogens with two attached hydrogens (primary N) is 1. The van der Waals surface area contributed by atoms with Gasteiger partial charge in [-0.1, -0.05) is 12.1 Å². The number of nitrogens with zero attached hydrogens (tertiary/aromatic N) is 1. The molecule has 2 rings (SSSR count). The number of rotatable bonds is 5. The first-order chi connectivity index (χ1) is 10.0. The van der Waals surface area contributed by atoms with E-state index >= 15 is 0 Å². The van der Waals surface area contributed by atoms with Crippen molar-refractivity contribution in [3.05, 3.63) is 61.5 Å².